The van der Waals surface area contributed by atoms with Crippen LogP contribution in [0.2, 0.25) is 0 Å². The van der Waals surface area contributed by atoms with Crippen LogP contribution in [0, 0.1) is 0 Å². The van der Waals surface area contributed by atoms with Gasteiger partial charge in [-0.1, -0.05) is 36.0 Å². The molecule has 0 fully saturated rings. The second kappa shape index (κ2) is 6.49. The number of nitrogens with zero attached hydrogens (tertiary/aromatic N) is 1. The van der Waals surface area contributed by atoms with Gasteiger partial charge >= 0.3 is 0 Å². The van der Waals surface area contributed by atoms with Crippen LogP contribution >= 0.6 is 11.8 Å². The summed E-state index contributed by atoms with van der Waals surface area (Å²) < 4.78 is 2.16. The molecule has 0 bridgehead atoms. The van der Waals surface area contributed by atoms with Crippen molar-refractivity contribution in [3.8, 4) is 0 Å². The van der Waals surface area contributed by atoms with E-state index in [-0.39, 0.29) is 12.4 Å². The van der Waals surface area contributed by atoms with Gasteiger partial charge in [-0.15, -0.1) is 0 Å². The van der Waals surface area contributed by atoms with E-state index in [2.05, 4.69) is 41.2 Å². The Balaban J connectivity index is 0.00000112. The molecule has 0 radical (unpaired) electrons. The summed E-state index contributed by atoms with van der Waals surface area (Å²) in [5.74, 6) is 0.963. The zero-order valence-corrected chi connectivity index (χ0v) is 9.79. The normalized spacial score (nSPS) is 9.33. The highest BCUT2D eigenvalue weighted by molar-refractivity contribution is 7.98. The summed E-state index contributed by atoms with van der Waals surface area (Å²) >= 11 is 1.84. The van der Waals surface area contributed by atoms with Crippen LogP contribution in [0.5, 0.6) is 0 Å². The topological polar surface area (TPSA) is 3.88 Å². The number of hydrogen-bond acceptors (Lipinski definition) is 1. The van der Waals surface area contributed by atoms with Gasteiger partial charge in [-0.2, -0.15) is 4.57 Å². The zero-order valence-electron chi connectivity index (χ0n) is 8.21. The molecular formula is C12H12ClNS. The summed E-state index contributed by atoms with van der Waals surface area (Å²) in [6, 6.07) is 16.6. The van der Waals surface area contributed by atoms with E-state index in [1.165, 1.54) is 4.90 Å². The van der Waals surface area contributed by atoms with Crippen molar-refractivity contribution in [2.45, 2.75) is 10.8 Å². The first-order valence-corrected chi connectivity index (χ1v) is 5.56. The van der Waals surface area contributed by atoms with Crippen LogP contribution in [0.4, 0.5) is 0 Å². The molecule has 2 aromatic rings. The molecular weight excluding hydrogens is 226 g/mol. The molecule has 0 saturated carbocycles. The van der Waals surface area contributed by atoms with E-state index >= 15 is 0 Å². The third-order valence-corrected chi connectivity index (χ3v) is 2.93. The molecule has 1 heterocycles. The standard InChI is InChI=1S/C12H12NS.ClH/c1-3-7-12(8-4-1)14-11-13-9-5-2-6-10-13;/h1-10H,11H2;1H/q+1;/p-1. The SMILES string of the molecule is [Cl-].c1ccc(SC[n+]2ccccc2)cc1. The number of pyridine rings is 1. The Morgan fingerprint density at radius 2 is 1.47 bits per heavy atom. The molecule has 1 aromatic heterocycles. The monoisotopic (exact) mass is 237 g/mol. The maximum Gasteiger partial charge on any atom is 0.198 e. The van der Waals surface area contributed by atoms with E-state index in [1.807, 2.05) is 36.0 Å². The summed E-state index contributed by atoms with van der Waals surface area (Å²) in [7, 11) is 0. The van der Waals surface area contributed by atoms with Crippen molar-refractivity contribution < 1.29 is 17.0 Å². The molecule has 0 aliphatic rings. The van der Waals surface area contributed by atoms with Gasteiger partial charge in [-0.25, -0.2) is 0 Å². The van der Waals surface area contributed by atoms with E-state index in [9.17, 15) is 0 Å². The second-order valence-corrected chi connectivity index (χ2v) is 3.99. The largest absolute Gasteiger partial charge is 1.00 e. The average Bonchev–Trinajstić information content (AvgIpc) is 2.29. The first-order valence-electron chi connectivity index (χ1n) is 4.57. The fraction of sp³-hybridized carbons (Fsp3) is 0.0833. The van der Waals surface area contributed by atoms with Gasteiger partial charge in [0.2, 0.25) is 0 Å². The summed E-state index contributed by atoms with van der Waals surface area (Å²) in [6.45, 7) is 0. The fourth-order valence-electron chi connectivity index (χ4n) is 1.19. The number of hydrogen-bond donors (Lipinski definition) is 0. The maximum absolute atomic E-state index is 2.16. The Bertz CT molecular complexity index is 338. The van der Waals surface area contributed by atoms with Gasteiger partial charge in [0.15, 0.2) is 18.3 Å². The molecule has 0 N–H and O–H groups in total. The third kappa shape index (κ3) is 3.94. The molecule has 0 aliphatic heterocycles. The second-order valence-electron chi connectivity index (χ2n) is 2.98. The van der Waals surface area contributed by atoms with Gasteiger partial charge in [0.25, 0.3) is 0 Å². The molecule has 0 aliphatic carbocycles. The minimum absolute atomic E-state index is 0. The molecule has 0 saturated heterocycles. The first-order chi connectivity index (χ1) is 6.95. The van der Waals surface area contributed by atoms with Crippen molar-refractivity contribution in [3.05, 3.63) is 60.9 Å². The van der Waals surface area contributed by atoms with Crippen molar-refractivity contribution >= 4 is 11.8 Å². The lowest BCUT2D eigenvalue weighted by Crippen LogP contribution is -3.00. The third-order valence-electron chi connectivity index (χ3n) is 1.90. The first kappa shape index (κ1) is 12.1. The van der Waals surface area contributed by atoms with Crippen molar-refractivity contribution in [1.29, 1.82) is 0 Å². The maximum atomic E-state index is 2.16. The molecule has 78 valence electrons. The molecule has 0 spiro atoms. The molecule has 3 heteroatoms. The number of rotatable bonds is 3. The Labute approximate surface area is 101 Å². The number of benzene rings is 1. The van der Waals surface area contributed by atoms with Gasteiger partial charge < -0.3 is 12.4 Å². The van der Waals surface area contributed by atoms with Crippen LogP contribution in [0.15, 0.2) is 65.8 Å². The highest BCUT2D eigenvalue weighted by Gasteiger charge is 1.98. The van der Waals surface area contributed by atoms with Gasteiger partial charge in [-0.3, -0.25) is 0 Å². The van der Waals surface area contributed by atoms with E-state index in [0.717, 1.165) is 5.88 Å². The summed E-state index contributed by atoms with van der Waals surface area (Å²) in [5, 5.41) is 0. The Hall–Kier alpha value is -0.990. The van der Waals surface area contributed by atoms with E-state index in [1.54, 1.807) is 0 Å². The quantitative estimate of drug-likeness (QED) is 0.525. The predicted octanol–water partition coefficient (Wildman–Crippen LogP) is -0.272. The molecule has 0 amide bonds. The van der Waals surface area contributed by atoms with Crippen molar-refractivity contribution in [3.63, 3.8) is 0 Å². The predicted molar refractivity (Wildman–Crippen MR) is 58.9 cm³/mol. The Kier molecular flexibility index (Phi) is 5.22. The fourth-order valence-corrected chi connectivity index (χ4v) is 2.01. The molecule has 0 atom stereocenters. The smallest absolute Gasteiger partial charge is 0.198 e. The molecule has 2 rings (SSSR count). The van der Waals surface area contributed by atoms with Gasteiger partial charge in [0, 0.05) is 17.0 Å². The minimum atomic E-state index is 0. The van der Waals surface area contributed by atoms with Crippen LogP contribution in [0.3, 0.4) is 0 Å². The number of halogens is 1. The van der Waals surface area contributed by atoms with Crippen molar-refractivity contribution in [2.75, 3.05) is 0 Å². The minimum Gasteiger partial charge on any atom is -1.00 e. The number of aromatic nitrogens is 1. The average molecular weight is 238 g/mol. The van der Waals surface area contributed by atoms with Crippen LogP contribution in [0.25, 0.3) is 0 Å². The Morgan fingerprint density at radius 1 is 0.867 bits per heavy atom. The van der Waals surface area contributed by atoms with Crippen LogP contribution in [-0.4, -0.2) is 0 Å². The molecule has 0 unspecified atom stereocenters. The summed E-state index contributed by atoms with van der Waals surface area (Å²) in [4.78, 5) is 1.31. The lowest BCUT2D eigenvalue weighted by molar-refractivity contribution is -0.675. The molecule has 1 nitrogen and oxygen atoms in total. The van der Waals surface area contributed by atoms with Gasteiger partial charge in [-0.05, 0) is 12.1 Å². The summed E-state index contributed by atoms with van der Waals surface area (Å²) in [5.41, 5.74) is 0. The highest BCUT2D eigenvalue weighted by Crippen LogP contribution is 2.16. The lowest BCUT2D eigenvalue weighted by Gasteiger charge is -1.96. The van der Waals surface area contributed by atoms with Gasteiger partial charge in [0.1, 0.15) is 0 Å². The zero-order chi connectivity index (χ0) is 9.64. The van der Waals surface area contributed by atoms with E-state index in [0.29, 0.717) is 0 Å². The molecule has 15 heavy (non-hydrogen) atoms. The van der Waals surface area contributed by atoms with E-state index in [4.69, 9.17) is 0 Å². The molecule has 1 aromatic carbocycles. The highest BCUT2D eigenvalue weighted by atomic mass is 35.5. The Morgan fingerprint density at radius 3 is 2.13 bits per heavy atom. The lowest BCUT2D eigenvalue weighted by atomic mass is 10.4. The summed E-state index contributed by atoms with van der Waals surface area (Å²) in [6.07, 6.45) is 4.16. The van der Waals surface area contributed by atoms with Crippen molar-refractivity contribution in [2.24, 2.45) is 0 Å². The van der Waals surface area contributed by atoms with Crippen molar-refractivity contribution in [1.82, 2.24) is 0 Å². The van der Waals surface area contributed by atoms with Crippen LogP contribution < -0.4 is 17.0 Å². The van der Waals surface area contributed by atoms with Gasteiger partial charge in [0.05, 0.1) is 0 Å². The number of thioether (sulfide) groups is 1. The van der Waals surface area contributed by atoms with Crippen LogP contribution in [0.1, 0.15) is 0 Å². The van der Waals surface area contributed by atoms with Crippen LogP contribution in [-0.2, 0) is 5.88 Å². The van der Waals surface area contributed by atoms with E-state index < -0.39 is 0 Å².